The second-order valence-electron chi connectivity index (χ2n) is 6.34. The van der Waals surface area contributed by atoms with E-state index in [4.69, 9.17) is 5.73 Å². The van der Waals surface area contributed by atoms with E-state index in [1.807, 2.05) is 37.3 Å². The van der Waals surface area contributed by atoms with Crippen molar-refractivity contribution in [3.63, 3.8) is 0 Å². The van der Waals surface area contributed by atoms with Gasteiger partial charge in [-0.2, -0.15) is 10.2 Å². The Morgan fingerprint density at radius 1 is 1.15 bits per heavy atom. The summed E-state index contributed by atoms with van der Waals surface area (Å²) in [5.41, 5.74) is 15.2. The van der Waals surface area contributed by atoms with Crippen molar-refractivity contribution in [1.82, 2.24) is 15.6 Å². The molecule has 0 radical (unpaired) electrons. The van der Waals surface area contributed by atoms with Gasteiger partial charge in [0.15, 0.2) is 0 Å². The van der Waals surface area contributed by atoms with E-state index >= 15 is 0 Å². The molecular formula is C20H19N5O. The van der Waals surface area contributed by atoms with Crippen LogP contribution in [0.15, 0.2) is 53.6 Å². The van der Waals surface area contributed by atoms with Crippen LogP contribution in [0.3, 0.4) is 0 Å². The summed E-state index contributed by atoms with van der Waals surface area (Å²) in [5, 5.41) is 11.4. The first-order chi connectivity index (χ1) is 12.6. The van der Waals surface area contributed by atoms with E-state index in [1.54, 1.807) is 12.1 Å². The van der Waals surface area contributed by atoms with Gasteiger partial charge in [0.05, 0.1) is 11.4 Å². The second-order valence-corrected chi connectivity index (χ2v) is 6.34. The van der Waals surface area contributed by atoms with Crippen LogP contribution in [0.4, 0.5) is 5.69 Å². The average Bonchev–Trinajstić information content (AvgIpc) is 3.11. The number of aryl methyl sites for hydroxylation is 1. The van der Waals surface area contributed by atoms with Crippen LogP contribution in [0.25, 0.3) is 11.3 Å². The Labute approximate surface area is 151 Å². The molecule has 3 aromatic rings. The SMILES string of the molecule is C/C(=N\NC(=O)c1[nH]nc2c1CCc1ccccc1-2)c1ccc(N)cc1. The Hall–Kier alpha value is -3.41. The molecule has 1 amide bonds. The number of hydrogen-bond donors (Lipinski definition) is 3. The lowest BCUT2D eigenvalue weighted by Crippen LogP contribution is -2.21. The van der Waals surface area contributed by atoms with Crippen molar-refractivity contribution in [1.29, 1.82) is 0 Å². The van der Waals surface area contributed by atoms with E-state index in [1.165, 1.54) is 5.56 Å². The fourth-order valence-corrected chi connectivity index (χ4v) is 3.23. The number of benzene rings is 2. The number of nitrogens with one attached hydrogen (secondary N) is 2. The molecule has 6 heteroatoms. The van der Waals surface area contributed by atoms with E-state index in [0.29, 0.717) is 17.1 Å². The Morgan fingerprint density at radius 3 is 2.73 bits per heavy atom. The number of rotatable bonds is 3. The summed E-state index contributed by atoms with van der Waals surface area (Å²) in [6.07, 6.45) is 1.68. The van der Waals surface area contributed by atoms with Crippen molar-refractivity contribution in [3.8, 4) is 11.3 Å². The van der Waals surface area contributed by atoms with E-state index in [-0.39, 0.29) is 5.91 Å². The third-order valence-electron chi connectivity index (χ3n) is 4.66. The molecular weight excluding hydrogens is 326 g/mol. The van der Waals surface area contributed by atoms with Crippen molar-refractivity contribution < 1.29 is 4.79 Å². The highest BCUT2D eigenvalue weighted by Gasteiger charge is 2.24. The highest BCUT2D eigenvalue weighted by Crippen LogP contribution is 2.33. The van der Waals surface area contributed by atoms with Gasteiger partial charge in [0.25, 0.3) is 5.91 Å². The number of hydrogen-bond acceptors (Lipinski definition) is 4. The molecule has 6 nitrogen and oxygen atoms in total. The van der Waals surface area contributed by atoms with E-state index in [2.05, 4.69) is 26.8 Å². The minimum Gasteiger partial charge on any atom is -0.399 e. The van der Waals surface area contributed by atoms with Crippen molar-refractivity contribution in [2.24, 2.45) is 5.10 Å². The second kappa shape index (κ2) is 6.48. The summed E-state index contributed by atoms with van der Waals surface area (Å²) in [7, 11) is 0. The van der Waals surface area contributed by atoms with Crippen LogP contribution < -0.4 is 11.2 Å². The first-order valence-electron chi connectivity index (χ1n) is 8.49. The molecule has 130 valence electrons. The van der Waals surface area contributed by atoms with Crippen LogP contribution in [-0.2, 0) is 12.8 Å². The van der Waals surface area contributed by atoms with E-state index in [0.717, 1.165) is 35.2 Å². The minimum atomic E-state index is -0.284. The number of H-pyrrole nitrogens is 1. The number of anilines is 1. The Kier molecular flexibility index (Phi) is 4.01. The number of carbonyl (C=O) groups is 1. The number of nitrogens with two attached hydrogens (primary N) is 1. The quantitative estimate of drug-likeness (QED) is 0.387. The van der Waals surface area contributed by atoms with Crippen molar-refractivity contribution in [2.75, 3.05) is 5.73 Å². The largest absolute Gasteiger partial charge is 0.399 e. The number of fused-ring (bicyclic) bond motifs is 3. The number of amides is 1. The van der Waals surface area contributed by atoms with Gasteiger partial charge in [-0.25, -0.2) is 5.43 Å². The number of nitrogens with zero attached hydrogens (tertiary/aromatic N) is 2. The molecule has 0 saturated heterocycles. The Bertz CT molecular complexity index is 1000. The molecule has 0 bridgehead atoms. The topological polar surface area (TPSA) is 96.2 Å². The van der Waals surface area contributed by atoms with Crippen LogP contribution in [0.2, 0.25) is 0 Å². The van der Waals surface area contributed by atoms with Crippen LogP contribution in [0.5, 0.6) is 0 Å². The zero-order chi connectivity index (χ0) is 18.1. The van der Waals surface area contributed by atoms with Gasteiger partial charge < -0.3 is 5.73 Å². The summed E-state index contributed by atoms with van der Waals surface area (Å²) in [6.45, 7) is 1.84. The number of aromatic amines is 1. The van der Waals surface area contributed by atoms with Crippen LogP contribution in [-0.4, -0.2) is 21.8 Å². The van der Waals surface area contributed by atoms with E-state index in [9.17, 15) is 4.79 Å². The third-order valence-corrected chi connectivity index (χ3v) is 4.66. The molecule has 0 atom stereocenters. The van der Waals surface area contributed by atoms with Gasteiger partial charge in [0, 0.05) is 16.8 Å². The maximum atomic E-state index is 12.6. The highest BCUT2D eigenvalue weighted by molar-refractivity contribution is 6.01. The van der Waals surface area contributed by atoms with Crippen LogP contribution in [0, 0.1) is 0 Å². The van der Waals surface area contributed by atoms with Crippen molar-refractivity contribution in [2.45, 2.75) is 19.8 Å². The predicted octanol–water partition coefficient (Wildman–Crippen LogP) is 2.91. The number of hydrazone groups is 1. The molecule has 26 heavy (non-hydrogen) atoms. The molecule has 4 N–H and O–H groups in total. The van der Waals surface area contributed by atoms with Gasteiger partial charge in [0.2, 0.25) is 0 Å². The number of nitrogen functional groups attached to an aromatic ring is 1. The molecule has 2 aromatic carbocycles. The summed E-state index contributed by atoms with van der Waals surface area (Å²) >= 11 is 0. The Morgan fingerprint density at radius 2 is 1.92 bits per heavy atom. The summed E-state index contributed by atoms with van der Waals surface area (Å²) in [4.78, 5) is 12.6. The average molecular weight is 345 g/mol. The number of carbonyl (C=O) groups excluding carboxylic acids is 1. The maximum absolute atomic E-state index is 12.6. The van der Waals surface area contributed by atoms with Crippen LogP contribution in [0.1, 0.15) is 34.1 Å². The molecule has 1 aromatic heterocycles. The smallest absolute Gasteiger partial charge is 0.289 e. The van der Waals surface area contributed by atoms with Gasteiger partial charge in [-0.3, -0.25) is 9.89 Å². The first kappa shape index (κ1) is 16.1. The zero-order valence-electron chi connectivity index (χ0n) is 14.4. The number of aromatic nitrogens is 2. The standard InChI is InChI=1S/C20H19N5O/c1-12(13-6-9-15(21)10-7-13)22-25-20(26)19-17-11-8-14-4-2-3-5-16(14)18(17)23-24-19/h2-7,9-10H,8,11,21H2,1H3,(H,23,24)(H,25,26)/b22-12+. The lowest BCUT2D eigenvalue weighted by molar-refractivity contribution is 0.0949. The molecule has 1 heterocycles. The summed E-state index contributed by atoms with van der Waals surface area (Å²) in [6, 6.07) is 15.5. The summed E-state index contributed by atoms with van der Waals surface area (Å²) in [5.74, 6) is -0.284. The van der Waals surface area contributed by atoms with Crippen LogP contribution >= 0.6 is 0 Å². The minimum absolute atomic E-state index is 0.284. The fourth-order valence-electron chi connectivity index (χ4n) is 3.23. The van der Waals surface area contributed by atoms with Crippen molar-refractivity contribution in [3.05, 3.63) is 70.9 Å². The lowest BCUT2D eigenvalue weighted by atomic mass is 9.89. The first-order valence-corrected chi connectivity index (χ1v) is 8.49. The maximum Gasteiger partial charge on any atom is 0.289 e. The highest BCUT2D eigenvalue weighted by atomic mass is 16.2. The van der Waals surface area contributed by atoms with Crippen molar-refractivity contribution >= 4 is 17.3 Å². The molecule has 0 spiro atoms. The molecule has 0 unspecified atom stereocenters. The lowest BCUT2D eigenvalue weighted by Gasteiger charge is -2.15. The van der Waals surface area contributed by atoms with Gasteiger partial charge >= 0.3 is 0 Å². The fraction of sp³-hybridized carbons (Fsp3) is 0.150. The molecule has 1 aliphatic carbocycles. The van der Waals surface area contributed by atoms with Gasteiger partial charge in [-0.15, -0.1) is 0 Å². The molecule has 4 rings (SSSR count). The molecule has 0 aliphatic heterocycles. The monoisotopic (exact) mass is 345 g/mol. The van der Waals surface area contributed by atoms with E-state index < -0.39 is 0 Å². The van der Waals surface area contributed by atoms with Gasteiger partial charge in [-0.1, -0.05) is 36.4 Å². The normalized spacial score (nSPS) is 13.0. The third kappa shape index (κ3) is 2.86. The molecule has 1 aliphatic rings. The van der Waals surface area contributed by atoms with Gasteiger partial charge in [-0.05, 0) is 43.0 Å². The Balaban J connectivity index is 1.56. The summed E-state index contributed by atoms with van der Waals surface area (Å²) < 4.78 is 0. The molecule has 0 fully saturated rings. The zero-order valence-corrected chi connectivity index (χ0v) is 14.4. The molecule has 0 saturated carbocycles. The predicted molar refractivity (Wildman–Crippen MR) is 102 cm³/mol. The van der Waals surface area contributed by atoms with Gasteiger partial charge in [0.1, 0.15) is 5.69 Å².